The van der Waals surface area contributed by atoms with E-state index in [9.17, 15) is 9.59 Å². The molecule has 141 valence electrons. The number of nitrogens with two attached hydrogens (primary N) is 1. The van der Waals surface area contributed by atoms with E-state index in [0.717, 1.165) is 44.7 Å². The molecule has 2 aromatic rings. The van der Waals surface area contributed by atoms with E-state index in [4.69, 9.17) is 10.2 Å². The van der Waals surface area contributed by atoms with Crippen LogP contribution in [-0.2, 0) is 0 Å². The molecule has 2 aliphatic heterocycles. The number of furan rings is 1. The van der Waals surface area contributed by atoms with Gasteiger partial charge in [-0.1, -0.05) is 18.2 Å². The average molecular weight is 366 g/mol. The smallest absolute Gasteiger partial charge is 0.289 e. The largest absolute Gasteiger partial charge is 0.459 e. The molecule has 1 unspecified atom stereocenters. The van der Waals surface area contributed by atoms with Gasteiger partial charge in [0.1, 0.15) is 0 Å². The molecule has 2 amide bonds. The minimum absolute atomic E-state index is 0.00246. The fourth-order valence-corrected chi connectivity index (χ4v) is 4.30. The molecule has 1 aromatic carbocycles. The van der Waals surface area contributed by atoms with Crippen molar-refractivity contribution in [1.29, 1.82) is 0 Å². The second-order valence-electron chi connectivity index (χ2n) is 7.41. The summed E-state index contributed by atoms with van der Waals surface area (Å²) in [5, 5.41) is 0. The van der Waals surface area contributed by atoms with Gasteiger partial charge in [-0.3, -0.25) is 9.59 Å². The van der Waals surface area contributed by atoms with Crippen molar-refractivity contribution in [2.45, 2.75) is 6.42 Å². The fraction of sp³-hybridized carbons (Fsp3) is 0.381. The molecular weight excluding hydrogens is 342 g/mol. The summed E-state index contributed by atoms with van der Waals surface area (Å²) >= 11 is 0. The highest BCUT2D eigenvalue weighted by atomic mass is 16.3. The molecule has 0 saturated carbocycles. The normalized spacial score (nSPS) is 22.1. The van der Waals surface area contributed by atoms with Gasteiger partial charge in [-0.05, 0) is 55.0 Å². The fourth-order valence-electron chi connectivity index (χ4n) is 4.30. The third-order valence-corrected chi connectivity index (χ3v) is 5.62. The molecule has 6 nitrogen and oxygen atoms in total. The Bertz CT molecular complexity index is 804. The molecule has 6 heteroatoms. The van der Waals surface area contributed by atoms with Crippen molar-refractivity contribution >= 4 is 11.8 Å². The number of benzene rings is 1. The van der Waals surface area contributed by atoms with Gasteiger partial charge >= 0.3 is 0 Å². The van der Waals surface area contributed by atoms with Crippen LogP contribution in [0.1, 0.15) is 32.9 Å². The first-order valence-electron chi connectivity index (χ1n) is 9.39. The van der Waals surface area contributed by atoms with Crippen molar-refractivity contribution in [3.63, 3.8) is 0 Å². The second kappa shape index (κ2) is 7.56. The maximum atomic E-state index is 12.4. The Morgan fingerprint density at radius 1 is 1.07 bits per heavy atom. The standard InChI is InChI=1S/C21H24N3O3/c22-20(25)18-7-2-1-5-15(18)6-3-9-23-11-16-13-24(14-17(16)12-23)21(26)19-8-4-10-27-19/h1-2,4-8,10,16-17H,3,9,11-14H2,(H2,22,25)/t16-,17?/m0/s1. The van der Waals surface area contributed by atoms with E-state index < -0.39 is 0 Å². The third-order valence-electron chi connectivity index (χ3n) is 5.62. The van der Waals surface area contributed by atoms with Crippen LogP contribution in [0.5, 0.6) is 0 Å². The molecular formula is C21H24N3O3. The van der Waals surface area contributed by atoms with Crippen LogP contribution in [0, 0.1) is 18.3 Å². The molecule has 1 radical (unpaired) electrons. The van der Waals surface area contributed by atoms with E-state index in [0.29, 0.717) is 23.2 Å². The molecule has 2 N–H and O–H groups in total. The Balaban J connectivity index is 1.25. The molecule has 2 saturated heterocycles. The van der Waals surface area contributed by atoms with Crippen molar-refractivity contribution in [1.82, 2.24) is 9.80 Å². The molecule has 0 bridgehead atoms. The highest BCUT2D eigenvalue weighted by Gasteiger charge is 2.41. The highest BCUT2D eigenvalue weighted by Crippen LogP contribution is 2.32. The molecule has 1 aromatic heterocycles. The Hall–Kier alpha value is -2.60. The van der Waals surface area contributed by atoms with Crippen LogP contribution in [0.3, 0.4) is 0 Å². The lowest BCUT2D eigenvalue weighted by molar-refractivity contribution is 0.0742. The predicted octanol–water partition coefficient (Wildman–Crippen LogP) is 2.02. The zero-order valence-electron chi connectivity index (χ0n) is 15.2. The SMILES string of the molecule is NC(=O)c1ccccc1[CH]CCN1CC2CN(C(=O)c3ccco3)C[C@@H]2C1. The number of likely N-dealkylation sites (tertiary alicyclic amines) is 2. The third kappa shape index (κ3) is 3.76. The Morgan fingerprint density at radius 3 is 2.48 bits per heavy atom. The van der Waals surface area contributed by atoms with Crippen molar-refractivity contribution in [2.75, 3.05) is 32.7 Å². The molecule has 2 fully saturated rings. The Morgan fingerprint density at radius 2 is 1.81 bits per heavy atom. The first-order valence-corrected chi connectivity index (χ1v) is 9.39. The summed E-state index contributed by atoms with van der Waals surface area (Å²) < 4.78 is 5.23. The van der Waals surface area contributed by atoms with Crippen LogP contribution in [-0.4, -0.2) is 54.3 Å². The van der Waals surface area contributed by atoms with E-state index in [1.54, 1.807) is 24.5 Å². The highest BCUT2D eigenvalue weighted by molar-refractivity contribution is 5.94. The van der Waals surface area contributed by atoms with Gasteiger partial charge in [0.05, 0.1) is 6.26 Å². The second-order valence-corrected chi connectivity index (χ2v) is 7.41. The Kier molecular flexibility index (Phi) is 4.99. The first kappa shape index (κ1) is 17.8. The first-order chi connectivity index (χ1) is 13.1. The maximum absolute atomic E-state index is 12.4. The van der Waals surface area contributed by atoms with Crippen molar-refractivity contribution < 1.29 is 14.0 Å². The summed E-state index contributed by atoms with van der Waals surface area (Å²) in [6, 6.07) is 10.9. The molecule has 2 atom stereocenters. The number of amides is 2. The predicted molar refractivity (Wildman–Crippen MR) is 101 cm³/mol. The van der Waals surface area contributed by atoms with E-state index in [2.05, 4.69) is 11.3 Å². The van der Waals surface area contributed by atoms with Crippen molar-refractivity contribution in [3.05, 3.63) is 66.0 Å². The quantitative estimate of drug-likeness (QED) is 0.848. The van der Waals surface area contributed by atoms with Crippen molar-refractivity contribution in [3.8, 4) is 0 Å². The number of hydrogen-bond acceptors (Lipinski definition) is 4. The van der Waals surface area contributed by atoms with Gasteiger partial charge in [0.2, 0.25) is 5.91 Å². The van der Waals surface area contributed by atoms with Gasteiger partial charge in [-0.2, -0.15) is 0 Å². The van der Waals surface area contributed by atoms with E-state index in [-0.39, 0.29) is 11.8 Å². The number of rotatable bonds is 6. The lowest BCUT2D eigenvalue weighted by Gasteiger charge is -2.21. The zero-order valence-corrected chi connectivity index (χ0v) is 15.2. The van der Waals surface area contributed by atoms with Crippen LogP contribution >= 0.6 is 0 Å². The minimum Gasteiger partial charge on any atom is -0.459 e. The van der Waals surface area contributed by atoms with E-state index in [1.165, 1.54) is 0 Å². The number of hydrogen-bond donors (Lipinski definition) is 1. The average Bonchev–Trinajstić information content (AvgIpc) is 3.38. The van der Waals surface area contributed by atoms with Gasteiger partial charge in [-0.25, -0.2) is 0 Å². The number of fused-ring (bicyclic) bond motifs is 1. The van der Waals surface area contributed by atoms with Gasteiger partial charge < -0.3 is 20.0 Å². The van der Waals surface area contributed by atoms with E-state index in [1.807, 2.05) is 23.1 Å². The van der Waals surface area contributed by atoms with Gasteiger partial charge in [-0.15, -0.1) is 0 Å². The number of primary amides is 1. The molecule has 27 heavy (non-hydrogen) atoms. The van der Waals surface area contributed by atoms with Gasteiger partial charge in [0, 0.05) is 31.7 Å². The Labute approximate surface area is 158 Å². The maximum Gasteiger partial charge on any atom is 0.289 e. The summed E-state index contributed by atoms with van der Waals surface area (Å²) in [6.45, 7) is 4.58. The van der Waals surface area contributed by atoms with E-state index >= 15 is 0 Å². The lowest BCUT2D eigenvalue weighted by Crippen LogP contribution is -2.33. The number of carbonyl (C=O) groups excluding carboxylic acids is 2. The summed E-state index contributed by atoms with van der Waals surface area (Å²) in [5.74, 6) is 1.09. The molecule has 0 spiro atoms. The summed E-state index contributed by atoms with van der Waals surface area (Å²) in [6.07, 6.45) is 4.50. The van der Waals surface area contributed by atoms with Crippen molar-refractivity contribution in [2.24, 2.45) is 17.6 Å². The van der Waals surface area contributed by atoms with Gasteiger partial charge in [0.25, 0.3) is 5.91 Å². The lowest BCUT2D eigenvalue weighted by atomic mass is 10.0. The zero-order chi connectivity index (χ0) is 18.8. The minimum atomic E-state index is -0.390. The van der Waals surface area contributed by atoms with Crippen LogP contribution in [0.25, 0.3) is 0 Å². The molecule has 4 rings (SSSR count). The topological polar surface area (TPSA) is 79.8 Å². The summed E-state index contributed by atoms with van der Waals surface area (Å²) in [5.41, 5.74) is 6.91. The number of carbonyl (C=O) groups is 2. The van der Waals surface area contributed by atoms with Crippen LogP contribution in [0.2, 0.25) is 0 Å². The van der Waals surface area contributed by atoms with Crippen LogP contribution in [0.4, 0.5) is 0 Å². The van der Waals surface area contributed by atoms with Gasteiger partial charge in [0.15, 0.2) is 5.76 Å². The molecule has 2 aliphatic rings. The molecule has 0 aliphatic carbocycles. The monoisotopic (exact) mass is 366 g/mol. The molecule has 3 heterocycles. The summed E-state index contributed by atoms with van der Waals surface area (Å²) in [7, 11) is 0. The number of nitrogens with zero attached hydrogens (tertiary/aromatic N) is 2. The van der Waals surface area contributed by atoms with Crippen LogP contribution < -0.4 is 5.73 Å². The van der Waals surface area contributed by atoms with Crippen LogP contribution in [0.15, 0.2) is 47.1 Å². The summed E-state index contributed by atoms with van der Waals surface area (Å²) in [4.78, 5) is 28.3.